The van der Waals surface area contributed by atoms with Crippen molar-refractivity contribution in [3.8, 4) is 0 Å². The van der Waals surface area contributed by atoms with Crippen molar-refractivity contribution in [2.75, 3.05) is 23.3 Å². The standard InChI is InChI=1S/C16H17ClN6/c1-11-19-20-16-6-5-15(21-23(11)16)18-13-7-8-22(10-13)14-4-2-3-12(17)9-14/h2-6,9,13H,7-8,10H2,1H3,(H,18,21)/t13-/m0/s1. The average Bonchev–Trinajstić information content (AvgIpc) is 3.15. The molecule has 1 aromatic carbocycles. The third kappa shape index (κ3) is 2.82. The zero-order valence-electron chi connectivity index (χ0n) is 12.8. The molecule has 0 radical (unpaired) electrons. The van der Waals surface area contributed by atoms with Crippen molar-refractivity contribution in [1.82, 2.24) is 19.8 Å². The van der Waals surface area contributed by atoms with Crippen LogP contribution in [-0.4, -0.2) is 38.9 Å². The van der Waals surface area contributed by atoms with Crippen molar-refractivity contribution in [3.05, 3.63) is 47.2 Å². The lowest BCUT2D eigenvalue weighted by Crippen LogP contribution is -2.26. The molecule has 1 fully saturated rings. The maximum Gasteiger partial charge on any atom is 0.178 e. The van der Waals surface area contributed by atoms with E-state index in [0.717, 1.165) is 41.8 Å². The molecule has 0 spiro atoms. The third-order valence-corrected chi connectivity index (χ3v) is 4.37. The molecule has 1 atom stereocenters. The molecule has 0 amide bonds. The van der Waals surface area contributed by atoms with Crippen LogP contribution in [0.2, 0.25) is 5.02 Å². The van der Waals surface area contributed by atoms with Gasteiger partial charge in [0.2, 0.25) is 0 Å². The van der Waals surface area contributed by atoms with Crippen molar-refractivity contribution in [3.63, 3.8) is 0 Å². The highest BCUT2D eigenvalue weighted by Gasteiger charge is 2.23. The monoisotopic (exact) mass is 328 g/mol. The highest BCUT2D eigenvalue weighted by molar-refractivity contribution is 6.30. The number of nitrogens with zero attached hydrogens (tertiary/aromatic N) is 5. The molecule has 4 rings (SSSR count). The highest BCUT2D eigenvalue weighted by Crippen LogP contribution is 2.24. The fraction of sp³-hybridized carbons (Fsp3) is 0.312. The van der Waals surface area contributed by atoms with Crippen LogP contribution in [0.1, 0.15) is 12.2 Å². The quantitative estimate of drug-likeness (QED) is 0.801. The van der Waals surface area contributed by atoms with Crippen LogP contribution in [0.3, 0.4) is 0 Å². The van der Waals surface area contributed by atoms with Gasteiger partial charge in [-0.3, -0.25) is 0 Å². The summed E-state index contributed by atoms with van der Waals surface area (Å²) < 4.78 is 1.76. The summed E-state index contributed by atoms with van der Waals surface area (Å²) in [5.74, 6) is 1.63. The molecule has 7 heteroatoms. The predicted molar refractivity (Wildman–Crippen MR) is 91.2 cm³/mol. The SMILES string of the molecule is Cc1nnc2ccc(N[C@H]3CCN(c4cccc(Cl)c4)C3)nn12. The zero-order chi connectivity index (χ0) is 15.8. The number of hydrogen-bond acceptors (Lipinski definition) is 5. The number of fused-ring (bicyclic) bond motifs is 1. The van der Waals surface area contributed by atoms with E-state index >= 15 is 0 Å². The van der Waals surface area contributed by atoms with Crippen molar-refractivity contribution in [2.45, 2.75) is 19.4 Å². The number of aryl methyl sites for hydroxylation is 1. The fourth-order valence-electron chi connectivity index (χ4n) is 2.97. The molecule has 0 unspecified atom stereocenters. The van der Waals surface area contributed by atoms with Crippen LogP contribution in [0, 0.1) is 6.92 Å². The number of anilines is 2. The lowest BCUT2D eigenvalue weighted by atomic mass is 10.2. The second-order valence-electron chi connectivity index (χ2n) is 5.79. The normalized spacial score (nSPS) is 17.8. The Morgan fingerprint density at radius 1 is 1.22 bits per heavy atom. The molecule has 1 N–H and O–H groups in total. The maximum absolute atomic E-state index is 6.08. The minimum Gasteiger partial charge on any atom is -0.369 e. The zero-order valence-corrected chi connectivity index (χ0v) is 13.5. The summed E-state index contributed by atoms with van der Waals surface area (Å²) in [4.78, 5) is 2.34. The molecule has 0 saturated carbocycles. The summed E-state index contributed by atoms with van der Waals surface area (Å²) in [6.45, 7) is 3.83. The third-order valence-electron chi connectivity index (χ3n) is 4.13. The largest absolute Gasteiger partial charge is 0.369 e. The molecule has 3 heterocycles. The molecule has 1 aliphatic rings. The van der Waals surface area contributed by atoms with Crippen LogP contribution in [-0.2, 0) is 0 Å². The van der Waals surface area contributed by atoms with Gasteiger partial charge in [0.25, 0.3) is 0 Å². The summed E-state index contributed by atoms with van der Waals surface area (Å²) in [6, 6.07) is 12.2. The van der Waals surface area contributed by atoms with Gasteiger partial charge in [0, 0.05) is 29.8 Å². The first-order valence-corrected chi connectivity index (χ1v) is 8.03. The first-order valence-electron chi connectivity index (χ1n) is 7.65. The van der Waals surface area contributed by atoms with Gasteiger partial charge in [-0.15, -0.1) is 15.3 Å². The minimum absolute atomic E-state index is 0.357. The van der Waals surface area contributed by atoms with E-state index in [1.54, 1.807) is 4.52 Å². The average molecular weight is 329 g/mol. The van der Waals surface area contributed by atoms with Crippen molar-refractivity contribution in [2.24, 2.45) is 0 Å². The van der Waals surface area contributed by atoms with Crippen LogP contribution < -0.4 is 10.2 Å². The van der Waals surface area contributed by atoms with Crippen molar-refractivity contribution in [1.29, 1.82) is 0 Å². The number of nitrogens with one attached hydrogen (secondary N) is 1. The van der Waals surface area contributed by atoms with E-state index in [9.17, 15) is 0 Å². The number of halogens is 1. The predicted octanol–water partition coefficient (Wildman–Crippen LogP) is 2.78. The van der Waals surface area contributed by atoms with Gasteiger partial charge in [-0.05, 0) is 43.7 Å². The minimum atomic E-state index is 0.357. The lowest BCUT2D eigenvalue weighted by molar-refractivity contribution is 0.783. The number of hydrogen-bond donors (Lipinski definition) is 1. The summed E-state index contributed by atoms with van der Waals surface area (Å²) in [5.41, 5.74) is 1.93. The van der Waals surface area contributed by atoms with Crippen molar-refractivity contribution < 1.29 is 0 Å². The summed E-state index contributed by atoms with van der Waals surface area (Å²) in [5, 5.41) is 16.9. The molecule has 0 aliphatic carbocycles. The fourth-order valence-corrected chi connectivity index (χ4v) is 3.15. The van der Waals surface area contributed by atoms with Gasteiger partial charge in [-0.25, -0.2) is 0 Å². The summed E-state index contributed by atoms with van der Waals surface area (Å²) in [7, 11) is 0. The van der Waals surface area contributed by atoms with Crippen LogP contribution in [0.25, 0.3) is 5.65 Å². The molecule has 1 saturated heterocycles. The van der Waals surface area contributed by atoms with E-state index in [-0.39, 0.29) is 0 Å². The lowest BCUT2D eigenvalue weighted by Gasteiger charge is -2.19. The second-order valence-corrected chi connectivity index (χ2v) is 6.23. The Morgan fingerprint density at radius 2 is 2.13 bits per heavy atom. The van der Waals surface area contributed by atoms with Gasteiger partial charge in [0.15, 0.2) is 11.5 Å². The molecule has 1 aliphatic heterocycles. The molecular weight excluding hydrogens is 312 g/mol. The molecule has 6 nitrogen and oxygen atoms in total. The van der Waals surface area contributed by atoms with Crippen LogP contribution in [0.5, 0.6) is 0 Å². The number of aromatic nitrogens is 4. The molecule has 2 aromatic heterocycles. The van der Waals surface area contributed by atoms with Crippen molar-refractivity contribution >= 4 is 28.8 Å². The number of benzene rings is 1. The second kappa shape index (κ2) is 5.70. The summed E-state index contributed by atoms with van der Waals surface area (Å²) >= 11 is 6.08. The Kier molecular flexibility index (Phi) is 3.53. The Labute approximate surface area is 139 Å². The van der Waals surface area contributed by atoms with Gasteiger partial charge >= 0.3 is 0 Å². The van der Waals surface area contributed by atoms with Gasteiger partial charge in [0.1, 0.15) is 5.82 Å². The van der Waals surface area contributed by atoms with E-state index in [4.69, 9.17) is 11.6 Å². The topological polar surface area (TPSA) is 58.4 Å². The molecule has 23 heavy (non-hydrogen) atoms. The van der Waals surface area contributed by atoms with Gasteiger partial charge in [0.05, 0.1) is 0 Å². The van der Waals surface area contributed by atoms with Crippen LogP contribution >= 0.6 is 11.6 Å². The Balaban J connectivity index is 1.48. The first kappa shape index (κ1) is 14.3. The van der Waals surface area contributed by atoms with Crippen LogP contribution in [0.15, 0.2) is 36.4 Å². The van der Waals surface area contributed by atoms with E-state index in [1.165, 1.54) is 5.69 Å². The van der Waals surface area contributed by atoms with E-state index in [2.05, 4.69) is 31.6 Å². The smallest absolute Gasteiger partial charge is 0.178 e. The van der Waals surface area contributed by atoms with E-state index in [0.29, 0.717) is 6.04 Å². The summed E-state index contributed by atoms with van der Waals surface area (Å²) in [6.07, 6.45) is 1.06. The van der Waals surface area contributed by atoms with Crippen LogP contribution in [0.4, 0.5) is 11.5 Å². The molecule has 118 valence electrons. The Morgan fingerprint density at radius 3 is 3.00 bits per heavy atom. The van der Waals surface area contributed by atoms with Gasteiger partial charge in [-0.2, -0.15) is 4.52 Å². The van der Waals surface area contributed by atoms with Gasteiger partial charge < -0.3 is 10.2 Å². The highest BCUT2D eigenvalue weighted by atomic mass is 35.5. The Bertz CT molecular complexity index is 845. The number of rotatable bonds is 3. The maximum atomic E-state index is 6.08. The van der Waals surface area contributed by atoms with E-state index in [1.807, 2.05) is 37.3 Å². The Hall–Kier alpha value is -2.34. The molecular formula is C16H17ClN6. The van der Waals surface area contributed by atoms with Gasteiger partial charge in [-0.1, -0.05) is 17.7 Å². The van der Waals surface area contributed by atoms with E-state index < -0.39 is 0 Å². The first-order chi connectivity index (χ1) is 11.2. The molecule has 3 aromatic rings. The molecule has 0 bridgehead atoms.